The van der Waals surface area contributed by atoms with Crippen molar-refractivity contribution in [2.45, 2.75) is 31.3 Å². The maximum atomic E-state index is 13.3. The smallest absolute Gasteiger partial charge is 0.308 e. The van der Waals surface area contributed by atoms with Crippen LogP contribution in [0, 0.1) is 5.92 Å². The molecule has 172 valence electrons. The summed E-state index contributed by atoms with van der Waals surface area (Å²) in [4.78, 5) is 44.4. The molecule has 0 bridgehead atoms. The molecule has 0 aliphatic carbocycles. The minimum Gasteiger partial charge on any atom is -0.469 e. The van der Waals surface area contributed by atoms with Gasteiger partial charge in [0, 0.05) is 13.1 Å². The van der Waals surface area contributed by atoms with Gasteiger partial charge in [0.05, 0.1) is 35.4 Å². The van der Waals surface area contributed by atoms with Crippen LogP contribution >= 0.6 is 11.8 Å². The summed E-state index contributed by atoms with van der Waals surface area (Å²) in [5.41, 5.74) is 2.36. The Morgan fingerprint density at radius 1 is 1.09 bits per heavy atom. The van der Waals surface area contributed by atoms with Crippen LogP contribution in [-0.2, 0) is 20.7 Å². The van der Waals surface area contributed by atoms with E-state index >= 15 is 0 Å². The van der Waals surface area contributed by atoms with Gasteiger partial charge in [0.25, 0.3) is 5.56 Å². The van der Waals surface area contributed by atoms with Gasteiger partial charge < -0.3 is 9.64 Å². The zero-order valence-corrected chi connectivity index (χ0v) is 19.6. The molecule has 8 heteroatoms. The highest BCUT2D eigenvalue weighted by Gasteiger charge is 2.28. The summed E-state index contributed by atoms with van der Waals surface area (Å²) >= 11 is 1.26. The van der Waals surface area contributed by atoms with Crippen LogP contribution in [0.5, 0.6) is 0 Å². The van der Waals surface area contributed by atoms with Gasteiger partial charge in [-0.2, -0.15) is 0 Å². The maximum Gasteiger partial charge on any atom is 0.308 e. The normalized spacial score (nSPS) is 14.4. The summed E-state index contributed by atoms with van der Waals surface area (Å²) < 4.78 is 6.41. The Kier molecular flexibility index (Phi) is 7.13. The number of methoxy groups -OCH3 is 1. The lowest BCUT2D eigenvalue weighted by molar-refractivity contribution is -0.148. The van der Waals surface area contributed by atoms with E-state index < -0.39 is 0 Å². The molecule has 0 spiro atoms. The second-order valence-electron chi connectivity index (χ2n) is 8.04. The number of likely N-dealkylation sites (tertiary alicyclic amines) is 1. The Labute approximate surface area is 196 Å². The van der Waals surface area contributed by atoms with Crippen molar-refractivity contribution in [3.8, 4) is 5.69 Å². The van der Waals surface area contributed by atoms with Crippen molar-refractivity contribution in [3.63, 3.8) is 0 Å². The van der Waals surface area contributed by atoms with Crippen LogP contribution in [0.3, 0.4) is 0 Å². The van der Waals surface area contributed by atoms with E-state index in [0.717, 1.165) is 12.1 Å². The number of piperidine rings is 1. The van der Waals surface area contributed by atoms with E-state index in [9.17, 15) is 14.4 Å². The predicted molar refractivity (Wildman–Crippen MR) is 129 cm³/mol. The molecule has 3 aromatic rings. The molecule has 0 atom stereocenters. The molecule has 1 amide bonds. The first-order chi connectivity index (χ1) is 16.0. The van der Waals surface area contributed by atoms with Crippen LogP contribution in [0.15, 0.2) is 58.5 Å². The van der Waals surface area contributed by atoms with Crippen LogP contribution < -0.4 is 5.56 Å². The molecule has 0 N–H and O–H groups in total. The zero-order valence-electron chi connectivity index (χ0n) is 18.8. The average molecular weight is 466 g/mol. The summed E-state index contributed by atoms with van der Waals surface area (Å²) in [5.74, 6) is -0.223. The molecule has 0 saturated carbocycles. The third kappa shape index (κ3) is 4.95. The highest BCUT2D eigenvalue weighted by atomic mass is 32.2. The molecule has 2 aromatic carbocycles. The summed E-state index contributed by atoms with van der Waals surface area (Å²) in [5, 5.41) is 1.03. The van der Waals surface area contributed by atoms with E-state index in [2.05, 4.69) is 6.92 Å². The highest BCUT2D eigenvalue weighted by molar-refractivity contribution is 7.99. The van der Waals surface area contributed by atoms with Crippen molar-refractivity contribution in [2.24, 2.45) is 5.92 Å². The van der Waals surface area contributed by atoms with Gasteiger partial charge in [0.2, 0.25) is 5.91 Å². The van der Waals surface area contributed by atoms with Gasteiger partial charge in [-0.1, -0.05) is 43.0 Å². The van der Waals surface area contributed by atoms with Gasteiger partial charge in [-0.15, -0.1) is 0 Å². The number of aryl methyl sites for hydroxylation is 1. The van der Waals surface area contributed by atoms with Crippen molar-refractivity contribution >= 4 is 34.5 Å². The Balaban J connectivity index is 1.57. The first-order valence-corrected chi connectivity index (χ1v) is 12.1. The molecule has 33 heavy (non-hydrogen) atoms. The number of nitrogens with zero attached hydrogens (tertiary/aromatic N) is 3. The number of para-hydroxylation sites is 1. The summed E-state index contributed by atoms with van der Waals surface area (Å²) in [6.45, 7) is 3.13. The van der Waals surface area contributed by atoms with E-state index in [4.69, 9.17) is 9.72 Å². The second kappa shape index (κ2) is 10.2. The van der Waals surface area contributed by atoms with E-state index in [1.165, 1.54) is 24.4 Å². The molecule has 7 nitrogen and oxygen atoms in total. The quantitative estimate of drug-likeness (QED) is 0.315. The fourth-order valence-electron chi connectivity index (χ4n) is 4.07. The minimum atomic E-state index is -0.213. The van der Waals surface area contributed by atoms with Gasteiger partial charge in [-0.25, -0.2) is 4.98 Å². The molecule has 1 aromatic heterocycles. The lowest BCUT2D eigenvalue weighted by Crippen LogP contribution is -2.41. The Morgan fingerprint density at radius 2 is 1.79 bits per heavy atom. The van der Waals surface area contributed by atoms with Gasteiger partial charge >= 0.3 is 5.97 Å². The number of benzene rings is 2. The number of thioether (sulfide) groups is 1. The lowest BCUT2D eigenvalue weighted by atomic mass is 9.97. The molecule has 2 heterocycles. The van der Waals surface area contributed by atoms with Crippen molar-refractivity contribution in [1.29, 1.82) is 0 Å². The van der Waals surface area contributed by atoms with Crippen molar-refractivity contribution < 1.29 is 14.3 Å². The monoisotopic (exact) mass is 465 g/mol. The molecular formula is C25H27N3O4S. The Morgan fingerprint density at radius 3 is 2.45 bits per heavy atom. The minimum absolute atomic E-state index is 0.0291. The number of hydrogen-bond acceptors (Lipinski definition) is 6. The zero-order chi connectivity index (χ0) is 23.4. The van der Waals surface area contributed by atoms with Crippen LogP contribution in [0.2, 0.25) is 0 Å². The predicted octanol–water partition coefficient (Wildman–Crippen LogP) is 3.45. The maximum absolute atomic E-state index is 13.3. The summed E-state index contributed by atoms with van der Waals surface area (Å²) in [6, 6.07) is 15.1. The lowest BCUT2D eigenvalue weighted by Gasteiger charge is -2.30. The number of aromatic nitrogens is 2. The first-order valence-electron chi connectivity index (χ1n) is 11.1. The number of hydrogen-bond donors (Lipinski definition) is 0. The number of carbonyl (C=O) groups is 2. The standard InChI is InChI=1S/C25H27N3O4S/c1-3-17-8-10-19(11-9-17)28-23(30)20-6-4-5-7-21(20)26-25(28)33-16-22(29)27-14-12-18(13-15-27)24(31)32-2/h4-11,18H,3,12-16H2,1-2H3. The number of fused-ring (bicyclic) bond motifs is 1. The number of amides is 1. The van der Waals surface area contributed by atoms with Crippen LogP contribution in [0.25, 0.3) is 16.6 Å². The molecule has 1 aliphatic heterocycles. The number of ether oxygens (including phenoxy) is 1. The molecular weight excluding hydrogens is 438 g/mol. The molecule has 0 unspecified atom stereocenters. The van der Waals surface area contributed by atoms with Gasteiger partial charge in [0.1, 0.15) is 0 Å². The molecule has 0 radical (unpaired) electrons. The number of carbonyl (C=O) groups excluding carboxylic acids is 2. The largest absolute Gasteiger partial charge is 0.469 e. The van der Waals surface area contributed by atoms with Gasteiger partial charge in [-0.05, 0) is 49.1 Å². The SMILES string of the molecule is CCc1ccc(-n2c(SCC(=O)N3CCC(C(=O)OC)CC3)nc3ccccc3c2=O)cc1. The van der Waals surface area contributed by atoms with Crippen molar-refractivity contribution in [3.05, 3.63) is 64.4 Å². The van der Waals surface area contributed by atoms with E-state index in [0.29, 0.717) is 42.0 Å². The van der Waals surface area contributed by atoms with Crippen LogP contribution in [0.1, 0.15) is 25.3 Å². The third-order valence-electron chi connectivity index (χ3n) is 6.05. The van der Waals surface area contributed by atoms with Crippen LogP contribution in [0.4, 0.5) is 0 Å². The topological polar surface area (TPSA) is 81.5 Å². The van der Waals surface area contributed by atoms with E-state index in [1.807, 2.05) is 42.5 Å². The molecule has 1 fully saturated rings. The van der Waals surface area contributed by atoms with Gasteiger partial charge in [-0.3, -0.25) is 19.0 Å². The summed E-state index contributed by atoms with van der Waals surface area (Å²) in [6.07, 6.45) is 2.12. The van der Waals surface area contributed by atoms with E-state index in [1.54, 1.807) is 15.5 Å². The fraction of sp³-hybridized carbons (Fsp3) is 0.360. The molecule has 4 rings (SSSR count). The third-order valence-corrected chi connectivity index (χ3v) is 6.98. The van der Waals surface area contributed by atoms with Crippen molar-refractivity contribution in [1.82, 2.24) is 14.5 Å². The average Bonchev–Trinajstić information content (AvgIpc) is 2.87. The van der Waals surface area contributed by atoms with Crippen LogP contribution in [-0.4, -0.2) is 52.3 Å². The number of esters is 1. The fourth-order valence-corrected chi connectivity index (χ4v) is 4.98. The van der Waals surface area contributed by atoms with E-state index in [-0.39, 0.29) is 29.1 Å². The first kappa shape index (κ1) is 23.0. The number of rotatable bonds is 6. The second-order valence-corrected chi connectivity index (χ2v) is 8.98. The highest BCUT2D eigenvalue weighted by Crippen LogP contribution is 2.24. The summed E-state index contributed by atoms with van der Waals surface area (Å²) in [7, 11) is 1.39. The van der Waals surface area contributed by atoms with Crippen molar-refractivity contribution in [2.75, 3.05) is 26.0 Å². The molecule has 1 saturated heterocycles. The Hall–Kier alpha value is -3.13. The molecule has 1 aliphatic rings. The van der Waals surface area contributed by atoms with Gasteiger partial charge in [0.15, 0.2) is 5.16 Å². The Bertz CT molecular complexity index is 1210.